The van der Waals surface area contributed by atoms with Crippen molar-refractivity contribution in [3.05, 3.63) is 0 Å². The summed E-state index contributed by atoms with van der Waals surface area (Å²) in [6.45, 7) is 9.18. The van der Waals surface area contributed by atoms with Crippen LogP contribution in [0.4, 0.5) is 0 Å². The summed E-state index contributed by atoms with van der Waals surface area (Å²) in [5, 5.41) is 0. The summed E-state index contributed by atoms with van der Waals surface area (Å²) in [6, 6.07) is 0. The van der Waals surface area contributed by atoms with E-state index in [0.29, 0.717) is 6.42 Å². The fourth-order valence-electron chi connectivity index (χ4n) is 3.19. The number of carbonyl (C=O) groups excluding carboxylic acids is 3. The topological polar surface area (TPSA) is 88.1 Å². The lowest BCUT2D eigenvalue weighted by molar-refractivity contribution is -0.186. The zero-order valence-electron chi connectivity index (χ0n) is 21.6. The number of carbonyl (C=O) groups is 3. The van der Waals surface area contributed by atoms with Gasteiger partial charge < -0.3 is 18.9 Å². The van der Waals surface area contributed by atoms with E-state index in [1.165, 1.54) is 12.8 Å². The highest BCUT2D eigenvalue weighted by molar-refractivity contribution is 5.90. The molecule has 7 heteroatoms. The Morgan fingerprint density at radius 1 is 0.515 bits per heavy atom. The summed E-state index contributed by atoms with van der Waals surface area (Å²) in [5.74, 6) is -1.83. The highest BCUT2D eigenvalue weighted by atomic mass is 16.6. The van der Waals surface area contributed by atoms with Crippen molar-refractivity contribution in [1.29, 1.82) is 0 Å². The van der Waals surface area contributed by atoms with E-state index >= 15 is 0 Å². The third-order valence-corrected chi connectivity index (χ3v) is 5.36. The summed E-state index contributed by atoms with van der Waals surface area (Å²) in [4.78, 5) is 38.2. The monoisotopic (exact) mass is 472 g/mol. The van der Waals surface area contributed by atoms with Crippen molar-refractivity contribution in [2.24, 2.45) is 0 Å². The molecule has 0 heterocycles. The van der Waals surface area contributed by atoms with Gasteiger partial charge in [-0.3, -0.25) is 9.59 Å². The number of rotatable bonds is 22. The van der Waals surface area contributed by atoms with Gasteiger partial charge in [0, 0.05) is 6.61 Å². The van der Waals surface area contributed by atoms with E-state index in [4.69, 9.17) is 18.9 Å². The van der Waals surface area contributed by atoms with E-state index in [2.05, 4.69) is 6.92 Å². The molecule has 0 aliphatic carbocycles. The Bertz CT molecular complexity index is 495. The smallest absolute Gasteiger partial charge is 0.339 e. The third kappa shape index (κ3) is 15.8. The fourth-order valence-corrected chi connectivity index (χ4v) is 3.19. The van der Waals surface area contributed by atoms with Crippen LogP contribution in [0.5, 0.6) is 0 Å². The van der Waals surface area contributed by atoms with Crippen LogP contribution in [-0.2, 0) is 33.3 Å². The quantitative estimate of drug-likeness (QED) is 0.110. The number of hydrogen-bond acceptors (Lipinski definition) is 7. The van der Waals surface area contributed by atoms with E-state index in [-0.39, 0.29) is 39.3 Å². The highest BCUT2D eigenvalue weighted by Gasteiger charge is 2.46. The van der Waals surface area contributed by atoms with Crippen molar-refractivity contribution in [3.63, 3.8) is 0 Å². The Morgan fingerprint density at radius 2 is 0.939 bits per heavy atom. The first kappa shape index (κ1) is 31.4. The van der Waals surface area contributed by atoms with Crippen LogP contribution in [0.25, 0.3) is 0 Å². The van der Waals surface area contributed by atoms with Gasteiger partial charge in [0.15, 0.2) is 5.60 Å². The summed E-state index contributed by atoms with van der Waals surface area (Å²) < 4.78 is 22.0. The molecule has 7 nitrogen and oxygen atoms in total. The molecule has 0 saturated heterocycles. The summed E-state index contributed by atoms with van der Waals surface area (Å²) in [7, 11) is 0. The van der Waals surface area contributed by atoms with Crippen LogP contribution < -0.4 is 0 Å². The van der Waals surface area contributed by atoms with Gasteiger partial charge in [0.2, 0.25) is 0 Å². The van der Waals surface area contributed by atoms with Crippen molar-refractivity contribution in [3.8, 4) is 0 Å². The van der Waals surface area contributed by atoms with Gasteiger partial charge in [0.05, 0.1) is 32.7 Å². The molecule has 0 radical (unpaired) electrons. The molecular formula is C26H48O7. The Balaban J connectivity index is 5.35. The summed E-state index contributed by atoms with van der Waals surface area (Å²) in [5.41, 5.74) is -1.72. The molecule has 0 spiro atoms. The van der Waals surface area contributed by atoms with Gasteiger partial charge in [-0.1, -0.05) is 79.1 Å². The van der Waals surface area contributed by atoms with Gasteiger partial charge in [-0.2, -0.15) is 0 Å². The molecule has 0 aromatic rings. The maximum Gasteiger partial charge on any atom is 0.339 e. The first-order valence-electron chi connectivity index (χ1n) is 13.1. The Labute approximate surface area is 201 Å². The van der Waals surface area contributed by atoms with Crippen LogP contribution in [0, 0.1) is 0 Å². The summed E-state index contributed by atoms with van der Waals surface area (Å²) >= 11 is 0. The van der Waals surface area contributed by atoms with Gasteiger partial charge in [-0.05, 0) is 25.7 Å². The maximum absolute atomic E-state index is 13.1. The average Bonchev–Trinajstić information content (AvgIpc) is 2.78. The van der Waals surface area contributed by atoms with E-state index in [0.717, 1.165) is 57.8 Å². The normalized spacial score (nSPS) is 11.3. The molecule has 0 aliphatic heterocycles. The van der Waals surface area contributed by atoms with Crippen molar-refractivity contribution in [1.82, 2.24) is 0 Å². The van der Waals surface area contributed by atoms with Crippen LogP contribution in [0.15, 0.2) is 0 Å². The minimum absolute atomic E-state index is 0.216. The molecule has 0 N–H and O–H groups in total. The van der Waals surface area contributed by atoms with Gasteiger partial charge in [0.1, 0.15) is 0 Å². The number of ether oxygens (including phenoxy) is 4. The Kier molecular flexibility index (Phi) is 19.9. The number of esters is 3. The molecule has 0 fully saturated rings. The highest BCUT2D eigenvalue weighted by Crippen LogP contribution is 2.26. The predicted molar refractivity (Wildman–Crippen MR) is 129 cm³/mol. The molecule has 0 amide bonds. The summed E-state index contributed by atoms with van der Waals surface area (Å²) in [6.07, 6.45) is 10.4. The number of hydrogen-bond donors (Lipinski definition) is 0. The van der Waals surface area contributed by atoms with Crippen LogP contribution >= 0.6 is 0 Å². The molecular weight excluding hydrogens is 424 g/mol. The van der Waals surface area contributed by atoms with Crippen molar-refractivity contribution in [2.75, 3.05) is 26.4 Å². The van der Waals surface area contributed by atoms with Crippen molar-refractivity contribution < 1.29 is 33.3 Å². The largest absolute Gasteiger partial charge is 0.466 e. The Hall–Kier alpha value is -1.63. The van der Waals surface area contributed by atoms with Crippen LogP contribution in [0.3, 0.4) is 0 Å². The molecule has 0 aromatic heterocycles. The van der Waals surface area contributed by atoms with Gasteiger partial charge in [-0.15, -0.1) is 0 Å². The lowest BCUT2D eigenvalue weighted by Gasteiger charge is -2.30. The molecule has 0 aliphatic rings. The number of unbranched alkanes of at least 4 members (excludes halogenated alkanes) is 8. The van der Waals surface area contributed by atoms with Gasteiger partial charge in [0.25, 0.3) is 0 Å². The third-order valence-electron chi connectivity index (χ3n) is 5.36. The molecule has 0 unspecified atom stereocenters. The van der Waals surface area contributed by atoms with Crippen LogP contribution in [0.1, 0.15) is 118 Å². The first-order valence-corrected chi connectivity index (χ1v) is 13.1. The minimum atomic E-state index is -1.72. The molecule has 0 saturated carbocycles. The molecule has 0 aromatic carbocycles. The van der Waals surface area contributed by atoms with Crippen LogP contribution in [0.2, 0.25) is 0 Å². The second-order valence-corrected chi connectivity index (χ2v) is 8.60. The minimum Gasteiger partial charge on any atom is -0.466 e. The SMILES string of the molecule is CCCCCCCCOC(CC(=O)OCCCC)(CC(=O)OCCCC)C(=O)OCCCC. The molecule has 0 rings (SSSR count). The second kappa shape index (κ2) is 20.9. The van der Waals surface area contributed by atoms with Crippen molar-refractivity contribution >= 4 is 17.9 Å². The molecule has 0 atom stereocenters. The first-order chi connectivity index (χ1) is 16.0. The molecule has 0 bridgehead atoms. The van der Waals surface area contributed by atoms with Crippen LogP contribution in [-0.4, -0.2) is 49.9 Å². The van der Waals surface area contributed by atoms with E-state index in [1.807, 2.05) is 20.8 Å². The maximum atomic E-state index is 13.1. The zero-order valence-corrected chi connectivity index (χ0v) is 21.6. The van der Waals surface area contributed by atoms with E-state index in [1.54, 1.807) is 0 Å². The second-order valence-electron chi connectivity index (χ2n) is 8.60. The average molecular weight is 473 g/mol. The molecule has 194 valence electrons. The zero-order chi connectivity index (χ0) is 24.8. The van der Waals surface area contributed by atoms with Crippen molar-refractivity contribution in [2.45, 2.75) is 123 Å². The van der Waals surface area contributed by atoms with E-state index in [9.17, 15) is 14.4 Å². The predicted octanol–water partition coefficient (Wildman–Crippen LogP) is 5.91. The van der Waals surface area contributed by atoms with E-state index < -0.39 is 23.5 Å². The van der Waals surface area contributed by atoms with Gasteiger partial charge >= 0.3 is 17.9 Å². The lowest BCUT2D eigenvalue weighted by atomic mass is 9.94. The molecule has 33 heavy (non-hydrogen) atoms. The fraction of sp³-hybridized carbons (Fsp3) is 0.885. The van der Waals surface area contributed by atoms with Gasteiger partial charge in [-0.25, -0.2) is 4.79 Å². The Morgan fingerprint density at radius 3 is 1.42 bits per heavy atom. The lowest BCUT2D eigenvalue weighted by Crippen LogP contribution is -2.47. The standard InChI is InChI=1S/C26H48O7/c1-5-9-13-14-15-16-20-33-26(25(29)32-19-12-8-4,21-23(27)30-17-10-6-2)22-24(28)31-18-11-7-3/h5-22H2,1-4H3.